The molecule has 3 rings (SSSR count). The Morgan fingerprint density at radius 1 is 1.06 bits per heavy atom. The molecule has 0 aliphatic carbocycles. The van der Waals surface area contributed by atoms with Gasteiger partial charge in [-0.05, 0) is 54.6 Å². The van der Waals surface area contributed by atoms with Gasteiger partial charge in [-0.3, -0.25) is 9.10 Å². The summed E-state index contributed by atoms with van der Waals surface area (Å²) < 4.78 is 38.5. The molecule has 0 bridgehead atoms. The first-order valence-corrected chi connectivity index (χ1v) is 11.6. The zero-order chi connectivity index (χ0) is 24.0. The standard InChI is InChI=1S/C24H23ClN2O5S/c1-4-14-27(19-10-8-18(25)9-11-19)33(29,30)21-7-5-6-17(15-21)24(28)26-22-16-20(31-2)12-13-23(22)32-3/h4-13,15-16H,1,14H2,2-3H3,(H,26,28). The number of hydrogen-bond acceptors (Lipinski definition) is 5. The fraction of sp³-hybridized carbons (Fsp3) is 0.125. The smallest absolute Gasteiger partial charge is 0.264 e. The molecule has 9 heteroatoms. The zero-order valence-electron chi connectivity index (χ0n) is 18.1. The van der Waals surface area contributed by atoms with E-state index in [1.807, 2.05) is 0 Å². The molecule has 0 radical (unpaired) electrons. The lowest BCUT2D eigenvalue weighted by Crippen LogP contribution is -2.31. The lowest BCUT2D eigenvalue weighted by atomic mass is 10.2. The molecule has 33 heavy (non-hydrogen) atoms. The summed E-state index contributed by atoms with van der Waals surface area (Å²) in [5.74, 6) is 0.471. The molecule has 0 unspecified atom stereocenters. The maximum absolute atomic E-state index is 13.4. The van der Waals surface area contributed by atoms with Crippen LogP contribution < -0.4 is 19.1 Å². The van der Waals surface area contributed by atoms with Gasteiger partial charge in [0.1, 0.15) is 11.5 Å². The predicted molar refractivity (Wildman–Crippen MR) is 130 cm³/mol. The van der Waals surface area contributed by atoms with E-state index in [4.69, 9.17) is 21.1 Å². The first kappa shape index (κ1) is 24.2. The van der Waals surface area contributed by atoms with Crippen molar-refractivity contribution in [2.45, 2.75) is 4.90 Å². The number of hydrogen-bond donors (Lipinski definition) is 1. The third-order valence-electron chi connectivity index (χ3n) is 4.75. The number of benzene rings is 3. The van der Waals surface area contributed by atoms with E-state index in [2.05, 4.69) is 11.9 Å². The van der Waals surface area contributed by atoms with Gasteiger partial charge >= 0.3 is 0 Å². The number of anilines is 2. The van der Waals surface area contributed by atoms with Gasteiger partial charge in [0.2, 0.25) is 0 Å². The zero-order valence-corrected chi connectivity index (χ0v) is 19.7. The number of carbonyl (C=O) groups is 1. The van der Waals surface area contributed by atoms with Crippen LogP contribution in [0.25, 0.3) is 0 Å². The second-order valence-corrected chi connectivity index (χ2v) is 9.15. The van der Waals surface area contributed by atoms with Crippen LogP contribution in [0.15, 0.2) is 84.3 Å². The second-order valence-electron chi connectivity index (χ2n) is 6.85. The normalized spacial score (nSPS) is 10.9. The van der Waals surface area contributed by atoms with Crippen molar-refractivity contribution in [3.05, 3.63) is 90.0 Å². The largest absolute Gasteiger partial charge is 0.497 e. The first-order valence-electron chi connectivity index (χ1n) is 9.82. The average Bonchev–Trinajstić information content (AvgIpc) is 2.83. The molecule has 0 aliphatic rings. The van der Waals surface area contributed by atoms with Crippen molar-refractivity contribution in [2.24, 2.45) is 0 Å². The Morgan fingerprint density at radius 3 is 2.42 bits per heavy atom. The molecule has 0 spiro atoms. The Bertz CT molecular complexity index is 1260. The Labute approximate surface area is 198 Å². The number of rotatable bonds is 9. The van der Waals surface area contributed by atoms with Gasteiger partial charge in [-0.25, -0.2) is 8.42 Å². The van der Waals surface area contributed by atoms with Crippen molar-refractivity contribution >= 4 is 38.9 Å². The van der Waals surface area contributed by atoms with Gasteiger partial charge in [0.05, 0.1) is 37.0 Å². The number of ether oxygens (including phenoxy) is 2. The van der Waals surface area contributed by atoms with E-state index < -0.39 is 15.9 Å². The summed E-state index contributed by atoms with van der Waals surface area (Å²) in [6.07, 6.45) is 1.48. The molecule has 3 aromatic carbocycles. The molecule has 0 fully saturated rings. The minimum Gasteiger partial charge on any atom is -0.497 e. The van der Waals surface area contributed by atoms with Crippen LogP contribution in [-0.4, -0.2) is 35.1 Å². The SMILES string of the molecule is C=CCN(c1ccc(Cl)cc1)S(=O)(=O)c1cccc(C(=O)Nc2cc(OC)ccc2OC)c1. The topological polar surface area (TPSA) is 84.9 Å². The summed E-state index contributed by atoms with van der Waals surface area (Å²) >= 11 is 5.94. The Kier molecular flexibility index (Phi) is 7.63. The van der Waals surface area contributed by atoms with E-state index in [1.54, 1.807) is 42.5 Å². The minimum absolute atomic E-state index is 0.0374. The molecule has 0 saturated heterocycles. The first-order chi connectivity index (χ1) is 15.8. The van der Waals surface area contributed by atoms with E-state index in [-0.39, 0.29) is 17.0 Å². The van der Waals surface area contributed by atoms with Crippen molar-refractivity contribution in [3.8, 4) is 11.5 Å². The van der Waals surface area contributed by atoms with Crippen molar-refractivity contribution in [2.75, 3.05) is 30.4 Å². The maximum atomic E-state index is 13.4. The Morgan fingerprint density at radius 2 is 1.79 bits per heavy atom. The second kappa shape index (κ2) is 10.4. The minimum atomic E-state index is -3.99. The van der Waals surface area contributed by atoms with Crippen LogP contribution in [-0.2, 0) is 10.0 Å². The molecule has 7 nitrogen and oxygen atoms in total. The van der Waals surface area contributed by atoms with Gasteiger partial charge in [0, 0.05) is 16.7 Å². The molecule has 1 N–H and O–H groups in total. The van der Waals surface area contributed by atoms with Gasteiger partial charge in [-0.1, -0.05) is 23.7 Å². The Hall–Kier alpha value is -3.49. The summed E-state index contributed by atoms with van der Waals surface area (Å²) in [4.78, 5) is 12.9. The number of nitrogens with one attached hydrogen (secondary N) is 1. The quantitative estimate of drug-likeness (QED) is 0.431. The van der Waals surface area contributed by atoms with Crippen molar-refractivity contribution in [3.63, 3.8) is 0 Å². The van der Waals surface area contributed by atoms with Gasteiger partial charge in [-0.15, -0.1) is 6.58 Å². The third kappa shape index (κ3) is 5.47. The molecule has 0 aromatic heterocycles. The molecular formula is C24H23ClN2O5S. The number of nitrogens with zero attached hydrogens (tertiary/aromatic N) is 1. The van der Waals surface area contributed by atoms with Gasteiger partial charge in [0.15, 0.2) is 0 Å². The lowest BCUT2D eigenvalue weighted by molar-refractivity contribution is 0.102. The van der Waals surface area contributed by atoms with Crippen LogP contribution in [0.1, 0.15) is 10.4 Å². The van der Waals surface area contributed by atoms with E-state index in [0.717, 1.165) is 0 Å². The summed E-state index contributed by atoms with van der Waals surface area (Å²) in [6, 6.07) is 17.2. The van der Waals surface area contributed by atoms with Gasteiger partial charge < -0.3 is 14.8 Å². The van der Waals surface area contributed by atoms with E-state index in [0.29, 0.717) is 27.9 Å². The van der Waals surface area contributed by atoms with E-state index in [9.17, 15) is 13.2 Å². The maximum Gasteiger partial charge on any atom is 0.264 e. The monoisotopic (exact) mass is 486 g/mol. The van der Waals surface area contributed by atoms with Crippen molar-refractivity contribution < 1.29 is 22.7 Å². The highest BCUT2D eigenvalue weighted by Gasteiger charge is 2.25. The molecule has 172 valence electrons. The fourth-order valence-corrected chi connectivity index (χ4v) is 4.71. The number of halogens is 1. The molecule has 0 atom stereocenters. The number of amides is 1. The van der Waals surface area contributed by atoms with Crippen LogP contribution >= 0.6 is 11.6 Å². The molecule has 0 heterocycles. The fourth-order valence-electron chi connectivity index (χ4n) is 3.10. The number of sulfonamides is 1. The molecular weight excluding hydrogens is 464 g/mol. The third-order valence-corrected chi connectivity index (χ3v) is 6.79. The Balaban J connectivity index is 1.94. The average molecular weight is 487 g/mol. The predicted octanol–water partition coefficient (Wildman–Crippen LogP) is 4.99. The number of methoxy groups -OCH3 is 2. The molecule has 3 aromatic rings. The summed E-state index contributed by atoms with van der Waals surface area (Å²) in [6.45, 7) is 3.70. The number of carbonyl (C=O) groups excluding carboxylic acids is 1. The van der Waals surface area contributed by atoms with Gasteiger partial charge in [-0.2, -0.15) is 0 Å². The van der Waals surface area contributed by atoms with Gasteiger partial charge in [0.25, 0.3) is 15.9 Å². The van der Waals surface area contributed by atoms with Crippen LogP contribution in [0.2, 0.25) is 5.02 Å². The van der Waals surface area contributed by atoms with Crippen molar-refractivity contribution in [1.82, 2.24) is 0 Å². The molecule has 0 saturated carbocycles. The summed E-state index contributed by atoms with van der Waals surface area (Å²) in [7, 11) is -0.994. The summed E-state index contributed by atoms with van der Waals surface area (Å²) in [5, 5.41) is 3.23. The molecule has 0 aliphatic heterocycles. The highest BCUT2D eigenvalue weighted by Crippen LogP contribution is 2.30. The van der Waals surface area contributed by atoms with Crippen LogP contribution in [0.4, 0.5) is 11.4 Å². The van der Waals surface area contributed by atoms with Crippen LogP contribution in [0.5, 0.6) is 11.5 Å². The van der Waals surface area contributed by atoms with Crippen molar-refractivity contribution in [1.29, 1.82) is 0 Å². The van der Waals surface area contributed by atoms with Crippen LogP contribution in [0, 0.1) is 0 Å². The van der Waals surface area contributed by atoms with E-state index >= 15 is 0 Å². The highest BCUT2D eigenvalue weighted by atomic mass is 35.5. The van der Waals surface area contributed by atoms with Crippen LogP contribution in [0.3, 0.4) is 0 Å². The highest BCUT2D eigenvalue weighted by molar-refractivity contribution is 7.92. The summed E-state index contributed by atoms with van der Waals surface area (Å²) in [5.41, 5.74) is 0.982. The lowest BCUT2D eigenvalue weighted by Gasteiger charge is -2.23. The molecule has 1 amide bonds. The van der Waals surface area contributed by atoms with E-state index in [1.165, 1.54) is 48.9 Å².